The molecule has 3 heterocycles. The zero-order chi connectivity index (χ0) is 18.4. The second kappa shape index (κ2) is 5.91. The summed E-state index contributed by atoms with van der Waals surface area (Å²) in [6.45, 7) is 2.02. The van der Waals surface area contributed by atoms with E-state index in [1.165, 1.54) is 0 Å². The number of nitrogens with one attached hydrogen (secondary N) is 1. The molecular formula is C20H17N7. The van der Waals surface area contributed by atoms with Gasteiger partial charge in [0.1, 0.15) is 11.4 Å². The van der Waals surface area contributed by atoms with Gasteiger partial charge in [0.2, 0.25) is 0 Å². The number of aromatic amines is 1. The monoisotopic (exact) mass is 355 g/mol. The van der Waals surface area contributed by atoms with E-state index in [4.69, 9.17) is 0 Å². The summed E-state index contributed by atoms with van der Waals surface area (Å²) in [4.78, 5) is 0. The van der Waals surface area contributed by atoms with Crippen molar-refractivity contribution in [3.63, 3.8) is 0 Å². The van der Waals surface area contributed by atoms with Gasteiger partial charge in [0.05, 0.1) is 23.1 Å². The average molecular weight is 355 g/mol. The lowest BCUT2D eigenvalue weighted by molar-refractivity contribution is 0.756. The van der Waals surface area contributed by atoms with Crippen LogP contribution in [0.3, 0.4) is 0 Å². The Hall–Kier alpha value is -3.74. The van der Waals surface area contributed by atoms with E-state index in [2.05, 4.69) is 37.7 Å². The van der Waals surface area contributed by atoms with Crippen LogP contribution in [0.2, 0.25) is 0 Å². The van der Waals surface area contributed by atoms with Crippen LogP contribution in [0.4, 0.5) is 0 Å². The Morgan fingerprint density at radius 2 is 1.78 bits per heavy atom. The summed E-state index contributed by atoms with van der Waals surface area (Å²) in [5, 5.41) is 21.4. The van der Waals surface area contributed by atoms with E-state index in [0.717, 1.165) is 44.8 Å². The summed E-state index contributed by atoms with van der Waals surface area (Å²) < 4.78 is 3.59. The smallest absolute Gasteiger partial charge is 0.134 e. The molecule has 2 aromatic carbocycles. The second-order valence-electron chi connectivity index (χ2n) is 6.51. The van der Waals surface area contributed by atoms with Gasteiger partial charge < -0.3 is 0 Å². The van der Waals surface area contributed by atoms with Gasteiger partial charge in [-0.05, 0) is 30.7 Å². The van der Waals surface area contributed by atoms with E-state index in [1.54, 1.807) is 4.68 Å². The first-order valence-electron chi connectivity index (χ1n) is 8.66. The molecule has 0 radical (unpaired) electrons. The van der Waals surface area contributed by atoms with Crippen molar-refractivity contribution in [1.29, 1.82) is 0 Å². The minimum absolute atomic E-state index is 0.736. The van der Waals surface area contributed by atoms with Gasteiger partial charge in [0.15, 0.2) is 0 Å². The number of rotatable bonds is 3. The van der Waals surface area contributed by atoms with Crippen molar-refractivity contribution in [3.8, 4) is 28.2 Å². The molecule has 27 heavy (non-hydrogen) atoms. The first-order valence-corrected chi connectivity index (χ1v) is 8.66. The molecule has 7 nitrogen and oxygen atoms in total. The van der Waals surface area contributed by atoms with E-state index in [9.17, 15) is 0 Å². The Bertz CT molecular complexity index is 1240. The highest BCUT2D eigenvalue weighted by molar-refractivity contribution is 5.91. The zero-order valence-corrected chi connectivity index (χ0v) is 15.0. The minimum Gasteiger partial charge on any atom is -0.277 e. The van der Waals surface area contributed by atoms with E-state index in [-0.39, 0.29) is 0 Å². The van der Waals surface area contributed by atoms with Crippen molar-refractivity contribution in [2.24, 2.45) is 7.05 Å². The molecule has 0 amide bonds. The van der Waals surface area contributed by atoms with Gasteiger partial charge in [0, 0.05) is 24.2 Å². The van der Waals surface area contributed by atoms with Crippen LogP contribution in [0, 0.1) is 6.92 Å². The van der Waals surface area contributed by atoms with Crippen molar-refractivity contribution in [2.75, 3.05) is 0 Å². The highest BCUT2D eigenvalue weighted by Crippen LogP contribution is 2.26. The van der Waals surface area contributed by atoms with E-state index in [1.807, 2.05) is 67.4 Å². The molecule has 0 aliphatic rings. The predicted octanol–water partition coefficient (Wildman–Crippen LogP) is 3.52. The molecule has 0 bridgehead atoms. The highest BCUT2D eigenvalue weighted by Gasteiger charge is 2.12. The fraction of sp³-hybridized carbons (Fsp3) is 0.100. The lowest BCUT2D eigenvalue weighted by atomic mass is 10.1. The fourth-order valence-corrected chi connectivity index (χ4v) is 3.33. The molecule has 0 spiro atoms. The molecule has 7 heteroatoms. The number of nitrogens with zero attached hydrogens (tertiary/aromatic N) is 6. The summed E-state index contributed by atoms with van der Waals surface area (Å²) in [6, 6.07) is 16.2. The van der Waals surface area contributed by atoms with Crippen molar-refractivity contribution in [3.05, 3.63) is 66.6 Å². The van der Waals surface area contributed by atoms with Crippen molar-refractivity contribution < 1.29 is 0 Å². The van der Waals surface area contributed by atoms with Crippen LogP contribution in [0.1, 0.15) is 5.69 Å². The van der Waals surface area contributed by atoms with Crippen molar-refractivity contribution in [2.45, 2.75) is 6.92 Å². The quantitative estimate of drug-likeness (QED) is 0.537. The number of aromatic nitrogens is 7. The molecule has 1 N–H and O–H groups in total. The first kappa shape index (κ1) is 15.5. The molecule has 3 aromatic heterocycles. The topological polar surface area (TPSA) is 77.2 Å². The molecule has 0 saturated carbocycles. The Morgan fingerprint density at radius 3 is 2.56 bits per heavy atom. The predicted molar refractivity (Wildman–Crippen MR) is 103 cm³/mol. The van der Waals surface area contributed by atoms with Gasteiger partial charge in [0.25, 0.3) is 0 Å². The third-order valence-corrected chi connectivity index (χ3v) is 4.66. The number of benzene rings is 2. The van der Waals surface area contributed by atoms with Crippen molar-refractivity contribution in [1.82, 2.24) is 35.0 Å². The molecule has 0 saturated heterocycles. The second-order valence-corrected chi connectivity index (χ2v) is 6.51. The largest absolute Gasteiger partial charge is 0.277 e. The van der Waals surface area contributed by atoms with Crippen LogP contribution in [-0.4, -0.2) is 35.0 Å². The average Bonchev–Trinajstić information content (AvgIpc) is 3.39. The minimum atomic E-state index is 0.736. The van der Waals surface area contributed by atoms with Crippen LogP contribution < -0.4 is 0 Å². The number of para-hydroxylation sites is 1. The summed E-state index contributed by atoms with van der Waals surface area (Å²) in [5.41, 5.74) is 6.74. The Morgan fingerprint density at radius 1 is 0.963 bits per heavy atom. The van der Waals surface area contributed by atoms with Crippen LogP contribution >= 0.6 is 0 Å². The molecule has 0 fully saturated rings. The fourth-order valence-electron chi connectivity index (χ4n) is 3.33. The Kier molecular flexibility index (Phi) is 3.39. The molecular weight excluding hydrogens is 338 g/mol. The van der Waals surface area contributed by atoms with E-state index < -0.39 is 0 Å². The van der Waals surface area contributed by atoms with Gasteiger partial charge in [-0.3, -0.25) is 9.78 Å². The maximum absolute atomic E-state index is 4.40. The standard InChI is InChI=1S/C20H17N7/c1-13-17(11-26(2)24-13)14-7-9-15(10-8-14)27-12-19(22-25-27)20-16-5-3-4-6-18(16)21-23-20/h3-12H,1-2H3,(H,21,23). The summed E-state index contributed by atoms with van der Waals surface area (Å²) in [5.74, 6) is 0. The van der Waals surface area contributed by atoms with Crippen LogP contribution in [0.5, 0.6) is 0 Å². The van der Waals surface area contributed by atoms with Gasteiger partial charge in [-0.25, -0.2) is 4.68 Å². The number of H-pyrrole nitrogens is 1. The number of fused-ring (bicyclic) bond motifs is 1. The van der Waals surface area contributed by atoms with Gasteiger partial charge in [-0.2, -0.15) is 10.2 Å². The molecule has 0 aliphatic heterocycles. The molecule has 5 aromatic rings. The lowest BCUT2D eigenvalue weighted by Crippen LogP contribution is -1.94. The Balaban J connectivity index is 1.48. The van der Waals surface area contributed by atoms with Crippen molar-refractivity contribution >= 4 is 10.9 Å². The van der Waals surface area contributed by atoms with Gasteiger partial charge in [-0.1, -0.05) is 35.5 Å². The number of aryl methyl sites for hydroxylation is 2. The number of hydrogen-bond donors (Lipinski definition) is 1. The summed E-state index contributed by atoms with van der Waals surface area (Å²) in [7, 11) is 1.93. The molecule has 0 aliphatic carbocycles. The Labute approximate surface area is 155 Å². The SMILES string of the molecule is Cc1nn(C)cc1-c1ccc(-n2cc(-c3n[nH]c4ccccc34)nn2)cc1. The maximum atomic E-state index is 4.40. The van der Waals surface area contributed by atoms with Gasteiger partial charge in [-0.15, -0.1) is 5.10 Å². The van der Waals surface area contributed by atoms with Gasteiger partial charge >= 0.3 is 0 Å². The molecule has 0 unspecified atom stereocenters. The summed E-state index contributed by atoms with van der Waals surface area (Å²) >= 11 is 0. The third-order valence-electron chi connectivity index (χ3n) is 4.66. The van der Waals surface area contributed by atoms with Crippen LogP contribution in [-0.2, 0) is 7.05 Å². The normalized spacial score (nSPS) is 11.3. The highest BCUT2D eigenvalue weighted by atomic mass is 15.4. The van der Waals surface area contributed by atoms with E-state index in [0.29, 0.717) is 0 Å². The summed E-state index contributed by atoms with van der Waals surface area (Å²) in [6.07, 6.45) is 3.92. The first-order chi connectivity index (χ1) is 13.2. The van der Waals surface area contributed by atoms with Crippen LogP contribution in [0.15, 0.2) is 60.9 Å². The maximum Gasteiger partial charge on any atom is 0.134 e. The zero-order valence-electron chi connectivity index (χ0n) is 15.0. The molecule has 0 atom stereocenters. The lowest BCUT2D eigenvalue weighted by Gasteiger charge is -2.03. The molecule has 132 valence electrons. The number of hydrogen-bond acceptors (Lipinski definition) is 4. The third kappa shape index (κ3) is 2.60. The molecule has 5 rings (SSSR count). The van der Waals surface area contributed by atoms with E-state index >= 15 is 0 Å². The van der Waals surface area contributed by atoms with Crippen LogP contribution in [0.25, 0.3) is 39.1 Å².